The number of hydrogen-bond acceptors (Lipinski definition) is 2. The Morgan fingerprint density at radius 2 is 1.26 bits per heavy atom. The third-order valence-corrected chi connectivity index (χ3v) is 6.65. The number of nitriles is 1. The highest BCUT2D eigenvalue weighted by molar-refractivity contribution is 6.10. The van der Waals surface area contributed by atoms with E-state index in [-0.39, 0.29) is 0 Å². The van der Waals surface area contributed by atoms with E-state index in [4.69, 9.17) is 0 Å². The summed E-state index contributed by atoms with van der Waals surface area (Å²) in [6.07, 6.45) is 3.54. The Bertz CT molecular complexity index is 1700. The molecule has 0 fully saturated rings. The Morgan fingerprint density at radius 3 is 1.86 bits per heavy atom. The Labute approximate surface area is 204 Å². The molecule has 0 radical (unpaired) electrons. The van der Waals surface area contributed by atoms with Gasteiger partial charge in [-0.3, -0.25) is 4.98 Å². The molecule has 35 heavy (non-hydrogen) atoms. The van der Waals surface area contributed by atoms with Gasteiger partial charge in [0.1, 0.15) is 0 Å². The lowest BCUT2D eigenvalue weighted by molar-refractivity contribution is 1.18. The molecule has 0 saturated carbocycles. The number of rotatable bonds is 3. The summed E-state index contributed by atoms with van der Waals surface area (Å²) in [4.78, 5) is 4.17. The molecule has 0 N–H and O–H groups in total. The largest absolute Gasteiger partial charge is 0.309 e. The van der Waals surface area contributed by atoms with Gasteiger partial charge in [-0.25, -0.2) is 0 Å². The van der Waals surface area contributed by atoms with E-state index in [9.17, 15) is 5.26 Å². The minimum absolute atomic E-state index is 0.645. The summed E-state index contributed by atoms with van der Waals surface area (Å²) < 4.78 is 2.34. The normalized spacial score (nSPS) is 11.1. The lowest BCUT2D eigenvalue weighted by atomic mass is 9.94. The number of aromatic nitrogens is 2. The fraction of sp³-hybridized carbons (Fsp3) is 0.0625. The third kappa shape index (κ3) is 3.48. The highest BCUT2D eigenvalue weighted by Gasteiger charge is 2.19. The Balaban J connectivity index is 1.78. The average molecular weight is 450 g/mol. The number of hydrogen-bond donors (Lipinski definition) is 0. The van der Waals surface area contributed by atoms with Crippen molar-refractivity contribution in [1.29, 1.82) is 5.26 Å². The monoisotopic (exact) mass is 449 g/mol. The molecule has 0 saturated heterocycles. The van der Waals surface area contributed by atoms with E-state index < -0.39 is 0 Å². The maximum absolute atomic E-state index is 10.1. The fourth-order valence-electron chi connectivity index (χ4n) is 5.00. The van der Waals surface area contributed by atoms with Crippen LogP contribution in [0.5, 0.6) is 0 Å². The second-order valence-electron chi connectivity index (χ2n) is 9.01. The van der Waals surface area contributed by atoms with Crippen molar-refractivity contribution in [2.75, 3.05) is 0 Å². The number of benzene rings is 4. The number of pyridine rings is 1. The second-order valence-corrected chi connectivity index (χ2v) is 9.01. The van der Waals surface area contributed by atoms with Gasteiger partial charge >= 0.3 is 0 Å². The molecule has 0 aliphatic rings. The lowest BCUT2D eigenvalue weighted by Gasteiger charge is -2.17. The number of aryl methyl sites for hydroxylation is 2. The predicted molar refractivity (Wildman–Crippen MR) is 144 cm³/mol. The van der Waals surface area contributed by atoms with Gasteiger partial charge in [0.05, 0.1) is 28.4 Å². The van der Waals surface area contributed by atoms with Crippen LogP contribution in [0.1, 0.15) is 16.7 Å². The zero-order chi connectivity index (χ0) is 23.9. The topological polar surface area (TPSA) is 41.6 Å². The molecule has 6 aromatic rings. The van der Waals surface area contributed by atoms with Crippen LogP contribution in [0.2, 0.25) is 0 Å². The second kappa shape index (κ2) is 8.27. The van der Waals surface area contributed by atoms with E-state index in [1.54, 1.807) is 12.4 Å². The Kier molecular flexibility index (Phi) is 4.94. The molecule has 0 amide bonds. The molecular formula is C32H23N3. The smallest absolute Gasteiger partial charge is 0.0998 e. The summed E-state index contributed by atoms with van der Waals surface area (Å²) in [5.41, 5.74) is 10.5. The van der Waals surface area contributed by atoms with Crippen molar-refractivity contribution in [2.45, 2.75) is 13.8 Å². The molecule has 0 aliphatic heterocycles. The summed E-state index contributed by atoms with van der Waals surface area (Å²) in [6, 6.07) is 34.1. The van der Waals surface area contributed by atoms with Crippen molar-refractivity contribution in [2.24, 2.45) is 0 Å². The summed E-state index contributed by atoms with van der Waals surface area (Å²) in [5.74, 6) is 0. The molecule has 0 aliphatic carbocycles. The summed E-state index contributed by atoms with van der Waals surface area (Å²) >= 11 is 0. The van der Waals surface area contributed by atoms with E-state index in [1.807, 2.05) is 36.4 Å². The summed E-state index contributed by atoms with van der Waals surface area (Å²) in [7, 11) is 0. The first-order valence-corrected chi connectivity index (χ1v) is 11.7. The minimum atomic E-state index is 0.645. The highest BCUT2D eigenvalue weighted by Crippen LogP contribution is 2.40. The molecule has 6 rings (SSSR count). The van der Waals surface area contributed by atoms with Gasteiger partial charge in [0.15, 0.2) is 0 Å². The van der Waals surface area contributed by atoms with Crippen molar-refractivity contribution in [1.82, 2.24) is 9.55 Å². The highest BCUT2D eigenvalue weighted by atomic mass is 15.0. The fourth-order valence-corrected chi connectivity index (χ4v) is 5.00. The number of fused-ring (bicyclic) bond motifs is 3. The molecule has 0 spiro atoms. The molecule has 166 valence electrons. The van der Waals surface area contributed by atoms with E-state index in [1.165, 1.54) is 21.9 Å². The maximum Gasteiger partial charge on any atom is 0.0998 e. The molecule has 3 heteroatoms. The standard InChI is InChI=1S/C32H23N3/c1-21-8-10-30-28(16-21)29-17-22(2)9-11-31(29)35(30)32-19-26(24-12-14-34-15-13-24)25(20-33)18-27(32)23-6-4-3-5-7-23/h3-19H,1-2H3. The van der Waals surface area contributed by atoms with Gasteiger partial charge in [0, 0.05) is 34.3 Å². The molecule has 4 aromatic carbocycles. The maximum atomic E-state index is 10.1. The predicted octanol–water partition coefficient (Wildman–Crippen LogP) is 8.00. The summed E-state index contributed by atoms with van der Waals surface area (Å²) in [5, 5.41) is 12.6. The van der Waals surface area contributed by atoms with Crippen molar-refractivity contribution < 1.29 is 0 Å². The molecule has 0 bridgehead atoms. The van der Waals surface area contributed by atoms with E-state index in [0.717, 1.165) is 39.0 Å². The van der Waals surface area contributed by atoms with E-state index in [0.29, 0.717) is 5.56 Å². The van der Waals surface area contributed by atoms with Crippen molar-refractivity contribution >= 4 is 21.8 Å². The van der Waals surface area contributed by atoms with Crippen LogP contribution < -0.4 is 0 Å². The van der Waals surface area contributed by atoms with Gasteiger partial charge < -0.3 is 4.57 Å². The van der Waals surface area contributed by atoms with Crippen LogP contribution in [0.3, 0.4) is 0 Å². The molecular weight excluding hydrogens is 426 g/mol. The lowest BCUT2D eigenvalue weighted by Crippen LogP contribution is -2.00. The first kappa shape index (κ1) is 20.9. The average Bonchev–Trinajstić information content (AvgIpc) is 3.21. The van der Waals surface area contributed by atoms with Gasteiger partial charge in [-0.1, -0.05) is 53.6 Å². The first-order chi connectivity index (χ1) is 17.1. The van der Waals surface area contributed by atoms with Crippen LogP contribution in [0, 0.1) is 25.2 Å². The SMILES string of the molecule is Cc1ccc2c(c1)c1cc(C)ccc1n2-c1cc(-c2ccncc2)c(C#N)cc1-c1ccccc1. The third-order valence-electron chi connectivity index (χ3n) is 6.65. The van der Waals surface area contributed by atoms with Crippen molar-refractivity contribution in [3.05, 3.63) is 120 Å². The molecule has 2 aromatic heterocycles. The molecule has 2 heterocycles. The first-order valence-electron chi connectivity index (χ1n) is 11.7. The Hall–Kier alpha value is -4.68. The zero-order valence-corrected chi connectivity index (χ0v) is 19.7. The molecule has 0 atom stereocenters. The van der Waals surface area contributed by atoms with Gasteiger partial charge in [0.2, 0.25) is 0 Å². The number of nitrogens with zero attached hydrogens (tertiary/aromatic N) is 3. The van der Waals surface area contributed by atoms with Gasteiger partial charge in [-0.2, -0.15) is 5.26 Å². The van der Waals surface area contributed by atoms with Crippen LogP contribution in [-0.4, -0.2) is 9.55 Å². The zero-order valence-electron chi connectivity index (χ0n) is 19.7. The van der Waals surface area contributed by atoms with Crippen LogP contribution in [0.4, 0.5) is 0 Å². The molecule has 3 nitrogen and oxygen atoms in total. The van der Waals surface area contributed by atoms with Crippen molar-refractivity contribution in [3.8, 4) is 34.0 Å². The van der Waals surface area contributed by atoms with Crippen molar-refractivity contribution in [3.63, 3.8) is 0 Å². The Morgan fingerprint density at radius 1 is 0.657 bits per heavy atom. The van der Waals surface area contributed by atoms with Crippen LogP contribution >= 0.6 is 0 Å². The van der Waals surface area contributed by atoms with E-state index >= 15 is 0 Å². The van der Waals surface area contributed by atoms with E-state index in [2.05, 4.69) is 84.1 Å². The minimum Gasteiger partial charge on any atom is -0.309 e. The van der Waals surface area contributed by atoms with Gasteiger partial charge in [-0.05, 0) is 73.5 Å². The van der Waals surface area contributed by atoms with Gasteiger partial charge in [-0.15, -0.1) is 0 Å². The van der Waals surface area contributed by atoms with Gasteiger partial charge in [0.25, 0.3) is 0 Å². The van der Waals surface area contributed by atoms with Crippen LogP contribution in [-0.2, 0) is 0 Å². The quantitative estimate of drug-likeness (QED) is 0.275. The molecule has 0 unspecified atom stereocenters. The summed E-state index contributed by atoms with van der Waals surface area (Å²) in [6.45, 7) is 4.27. The van der Waals surface area contributed by atoms with Crippen LogP contribution in [0.25, 0.3) is 49.7 Å². The van der Waals surface area contributed by atoms with Crippen LogP contribution in [0.15, 0.2) is 103 Å².